The van der Waals surface area contributed by atoms with Crippen LogP contribution in [0, 0.1) is 0 Å². The first-order valence-corrected chi connectivity index (χ1v) is 26.4. The van der Waals surface area contributed by atoms with Gasteiger partial charge >= 0.3 is 23.9 Å². The Kier molecular flexibility index (Phi) is 63.5. The number of hydrogen-bond donors (Lipinski definition) is 0. The predicted molar refractivity (Wildman–Crippen MR) is 302 cm³/mol. The summed E-state index contributed by atoms with van der Waals surface area (Å²) in [5.41, 5.74) is 0. The number of allylic oxidation sites excluding steroid dienone is 16. The molecule has 0 aliphatic carbocycles. The molecule has 0 aromatic heterocycles. The van der Waals surface area contributed by atoms with Crippen molar-refractivity contribution in [1.29, 1.82) is 0 Å². The molecule has 12 heteroatoms. The van der Waals surface area contributed by atoms with Crippen molar-refractivity contribution >= 4 is 47.0 Å². The fraction of sp³-hybridized carbons (Fsp3) is 0.548. The first kappa shape index (κ1) is 74.5. The van der Waals surface area contributed by atoms with E-state index >= 15 is 0 Å². The quantitative estimate of drug-likeness (QED) is 0.0246. The maximum Gasteiger partial charge on any atom is 0.309 e. The summed E-state index contributed by atoms with van der Waals surface area (Å²) < 4.78 is 18.0. The number of unbranched alkanes of at least 4 members (excludes halogenated alkanes) is 10. The molecule has 0 aromatic rings. The van der Waals surface area contributed by atoms with E-state index in [1.807, 2.05) is 66.8 Å². The van der Waals surface area contributed by atoms with Gasteiger partial charge in [-0.25, -0.2) is 0 Å². The van der Waals surface area contributed by atoms with Gasteiger partial charge in [-0.3, -0.25) is 28.8 Å². The van der Waals surface area contributed by atoms with Gasteiger partial charge in [0, 0.05) is 25.7 Å². The Labute approximate surface area is 447 Å². The highest BCUT2D eigenvalue weighted by Gasteiger charge is 1.97. The molecule has 0 radical (unpaired) electrons. The van der Waals surface area contributed by atoms with Crippen molar-refractivity contribution in [1.82, 2.24) is 0 Å². The third kappa shape index (κ3) is 77.4. The molecule has 0 saturated heterocycles. The van der Waals surface area contributed by atoms with E-state index in [9.17, 15) is 38.4 Å². The molecule has 12 nitrogen and oxygen atoms in total. The molecule has 0 fully saturated rings. The van der Waals surface area contributed by atoms with Crippen molar-refractivity contribution in [2.45, 2.75) is 195 Å². The third-order valence-corrected chi connectivity index (χ3v) is 9.96. The number of esters is 4. The average molecular weight is 1030 g/mol. The summed E-state index contributed by atoms with van der Waals surface area (Å²) >= 11 is 0. The fourth-order valence-corrected chi connectivity index (χ4v) is 5.74. The van der Waals surface area contributed by atoms with E-state index in [4.69, 9.17) is 0 Å². The molecule has 0 heterocycles. The van der Waals surface area contributed by atoms with Gasteiger partial charge in [-0.15, -0.1) is 0 Å². The van der Waals surface area contributed by atoms with Crippen LogP contribution in [0.25, 0.3) is 0 Å². The van der Waals surface area contributed by atoms with E-state index in [0.29, 0.717) is 44.3 Å². The van der Waals surface area contributed by atoms with Gasteiger partial charge in [0.15, 0.2) is 0 Å². The first-order chi connectivity index (χ1) is 35.7. The monoisotopic (exact) mass is 1030 g/mol. The molecule has 0 atom stereocenters. The maximum absolute atomic E-state index is 10.9. The van der Waals surface area contributed by atoms with E-state index in [-0.39, 0.29) is 41.2 Å². The van der Waals surface area contributed by atoms with Gasteiger partial charge in [-0.05, 0) is 105 Å². The van der Waals surface area contributed by atoms with Crippen LogP contribution in [0.5, 0.6) is 0 Å². The van der Waals surface area contributed by atoms with Gasteiger partial charge in [-0.1, -0.05) is 160 Å². The van der Waals surface area contributed by atoms with Gasteiger partial charge in [0.05, 0.1) is 54.1 Å². The van der Waals surface area contributed by atoms with Gasteiger partial charge in [0.25, 0.3) is 0 Å². The molecule has 0 bridgehead atoms. The molecule has 0 aliphatic heterocycles. The number of ether oxygens (including phenoxy) is 4. The molecule has 0 spiro atoms. The molecule has 74 heavy (non-hydrogen) atoms. The lowest BCUT2D eigenvalue weighted by Gasteiger charge is -1.98. The molecule has 0 saturated carbocycles. The van der Waals surface area contributed by atoms with Crippen LogP contribution in [0.2, 0.25) is 0 Å². The van der Waals surface area contributed by atoms with Crippen LogP contribution in [-0.2, 0) is 57.3 Å². The summed E-state index contributed by atoms with van der Waals surface area (Å²) in [5.74, 6) is 0.0846. The van der Waals surface area contributed by atoms with E-state index in [1.54, 1.807) is 33.8 Å². The molecule has 0 rings (SSSR count). The van der Waals surface area contributed by atoms with Crippen LogP contribution in [0.4, 0.5) is 0 Å². The Morgan fingerprint density at radius 3 is 0.703 bits per heavy atom. The van der Waals surface area contributed by atoms with Crippen molar-refractivity contribution < 1.29 is 57.3 Å². The lowest BCUT2D eigenvalue weighted by molar-refractivity contribution is -0.140. The lowest BCUT2D eigenvalue weighted by atomic mass is 10.1. The van der Waals surface area contributed by atoms with Crippen molar-refractivity contribution in [2.75, 3.05) is 28.4 Å². The minimum atomic E-state index is -0.242. The predicted octanol–water partition coefficient (Wildman–Crippen LogP) is 14.7. The zero-order valence-corrected chi connectivity index (χ0v) is 46.8. The largest absolute Gasteiger partial charge is 0.469 e. The minimum Gasteiger partial charge on any atom is -0.469 e. The van der Waals surface area contributed by atoms with E-state index in [2.05, 4.69) is 67.6 Å². The van der Waals surface area contributed by atoms with E-state index in [0.717, 1.165) is 89.9 Å². The molecule has 0 unspecified atom stereocenters. The molecular weight excluding hydrogens is 937 g/mol. The standard InChI is InChI=1S/C20H32O3.C17H24O3.C14H24O3.C11H16O3/c1-19(21)17-15-13-11-9-7-5-3-4-6-8-10-12-14-16-18-20(22)23-2;1-16(18)14-12-10-8-6-4-3-5-7-9-11-13-15-17(19)20-2;1-13(15)11-9-7-5-3-4-6-8-10-12-14(16)17-2;1-10(12)8-6-4-3-5-7-9-11(13)14-2/h3-4,8,10,14,16H,5-7,9,11-13,15,17-18H2,1-2H3;4-7,10-13H,3,8-9,14-15H2,1-2H3;8,10H,3-7,9,11-12H2,1-2H3;4-7H,3,8-9H2,1-2H3/b4-3+,10-8+,16-14+;6-4+,7-5+,12-10+,13-11+;10-8+;6-4+,7-5+. The van der Waals surface area contributed by atoms with Crippen molar-refractivity contribution in [2.24, 2.45) is 0 Å². The Hall–Kier alpha value is -6.04. The second kappa shape index (κ2) is 63.1. The Morgan fingerprint density at radius 1 is 0.243 bits per heavy atom. The van der Waals surface area contributed by atoms with Gasteiger partial charge in [-0.2, -0.15) is 0 Å². The number of Topliss-reactive ketones (excluding diaryl/α,β-unsaturated/α-hetero) is 4. The number of rotatable bonds is 40. The van der Waals surface area contributed by atoms with Crippen molar-refractivity contribution in [3.63, 3.8) is 0 Å². The van der Waals surface area contributed by atoms with E-state index in [1.165, 1.54) is 67.0 Å². The van der Waals surface area contributed by atoms with Crippen LogP contribution in [0.15, 0.2) is 122 Å². The van der Waals surface area contributed by atoms with Crippen LogP contribution in [0.3, 0.4) is 0 Å². The molecule has 0 aliphatic rings. The third-order valence-electron chi connectivity index (χ3n) is 9.96. The SMILES string of the molecule is COC(=O)C/C=C/C/C=C/C/C=C/C/C=C/CC(C)=O.COC(=O)C/C=C/C/C=C/C/C=C/CCCCCCCC(C)=O.COC(=O)C/C=C/C/C=C/CC(C)=O.COC(=O)C/C=C/CCCCCCCC(C)=O. The highest BCUT2D eigenvalue weighted by atomic mass is 16.5. The normalized spacial score (nSPS) is 11.5. The maximum atomic E-state index is 10.9. The Bertz CT molecular complexity index is 1770. The second-order valence-corrected chi connectivity index (χ2v) is 17.1. The zero-order chi connectivity index (χ0) is 56.0. The second-order valence-electron chi connectivity index (χ2n) is 17.1. The number of hydrogen-bond acceptors (Lipinski definition) is 12. The summed E-state index contributed by atoms with van der Waals surface area (Å²) in [6.07, 6.45) is 62.4. The van der Waals surface area contributed by atoms with E-state index < -0.39 is 0 Å². The van der Waals surface area contributed by atoms with Gasteiger partial charge in [0.1, 0.15) is 23.1 Å². The summed E-state index contributed by atoms with van der Waals surface area (Å²) in [6.45, 7) is 6.45. The molecule has 0 N–H and O–H groups in total. The number of methoxy groups -OCH3 is 4. The van der Waals surface area contributed by atoms with Crippen LogP contribution >= 0.6 is 0 Å². The molecule has 0 amide bonds. The van der Waals surface area contributed by atoms with Crippen LogP contribution in [-0.4, -0.2) is 75.4 Å². The summed E-state index contributed by atoms with van der Waals surface area (Å²) in [5, 5.41) is 0. The minimum absolute atomic E-state index is 0.153. The average Bonchev–Trinajstić information content (AvgIpc) is 3.37. The fourth-order valence-electron chi connectivity index (χ4n) is 5.74. The summed E-state index contributed by atoms with van der Waals surface area (Å²) in [6, 6.07) is 0. The molecule has 0 aromatic carbocycles. The topological polar surface area (TPSA) is 173 Å². The summed E-state index contributed by atoms with van der Waals surface area (Å²) in [4.78, 5) is 85.8. The zero-order valence-electron chi connectivity index (χ0n) is 46.8. The first-order valence-electron chi connectivity index (χ1n) is 26.4. The van der Waals surface area contributed by atoms with Crippen molar-refractivity contribution in [3.8, 4) is 0 Å². The van der Waals surface area contributed by atoms with Crippen molar-refractivity contribution in [3.05, 3.63) is 122 Å². The van der Waals surface area contributed by atoms with Gasteiger partial charge in [0.2, 0.25) is 0 Å². The molecule has 416 valence electrons. The number of ketones is 4. The van der Waals surface area contributed by atoms with Crippen LogP contribution < -0.4 is 0 Å². The number of carbonyl (C=O) groups excluding carboxylic acids is 8. The highest BCUT2D eigenvalue weighted by Crippen LogP contribution is 2.09. The highest BCUT2D eigenvalue weighted by molar-refractivity contribution is 5.77. The summed E-state index contributed by atoms with van der Waals surface area (Å²) in [7, 11) is 5.55. The van der Waals surface area contributed by atoms with Crippen LogP contribution in [0.1, 0.15) is 195 Å². The van der Waals surface area contributed by atoms with Gasteiger partial charge < -0.3 is 28.5 Å². The lowest BCUT2D eigenvalue weighted by Crippen LogP contribution is -1.96. The smallest absolute Gasteiger partial charge is 0.309 e. The number of carbonyl (C=O) groups is 8. The Balaban J connectivity index is -0.000000448. The molecular formula is C62H96O12. The Morgan fingerprint density at radius 2 is 0.446 bits per heavy atom.